The summed E-state index contributed by atoms with van der Waals surface area (Å²) in [5, 5.41) is 3.34. The van der Waals surface area contributed by atoms with Crippen LogP contribution in [0.3, 0.4) is 0 Å². The van der Waals surface area contributed by atoms with E-state index < -0.39 is 0 Å². The number of amides is 1. The second-order valence-corrected chi connectivity index (χ2v) is 5.19. The molecule has 1 aromatic rings. The third-order valence-electron chi connectivity index (χ3n) is 3.97. The van der Waals surface area contributed by atoms with Crippen molar-refractivity contribution < 1.29 is 13.9 Å². The summed E-state index contributed by atoms with van der Waals surface area (Å²) < 4.78 is 18.3. The molecule has 0 aromatic heterocycles. The highest BCUT2D eigenvalue weighted by atomic mass is 19.1. The number of halogens is 1. The van der Waals surface area contributed by atoms with E-state index in [1.807, 2.05) is 0 Å². The fourth-order valence-corrected chi connectivity index (χ4v) is 2.97. The number of nitrogens with zero attached hydrogens (tertiary/aromatic N) is 1. The predicted molar refractivity (Wildman–Crippen MR) is 69.7 cm³/mol. The quantitative estimate of drug-likeness (QED) is 0.846. The highest BCUT2D eigenvalue weighted by molar-refractivity contribution is 5.91. The molecule has 4 nitrogen and oxygen atoms in total. The molecular weight excluding hydrogens is 247 g/mol. The summed E-state index contributed by atoms with van der Waals surface area (Å²) in [4.78, 5) is 13.7. The molecular formula is C14H17FN2O2. The van der Waals surface area contributed by atoms with Crippen molar-refractivity contribution in [3.8, 4) is 0 Å². The minimum absolute atomic E-state index is 0.279. The molecule has 3 rings (SSSR count). The van der Waals surface area contributed by atoms with Crippen LogP contribution in [0, 0.1) is 5.82 Å². The van der Waals surface area contributed by atoms with Crippen molar-refractivity contribution in [1.82, 2.24) is 5.32 Å². The van der Waals surface area contributed by atoms with Crippen LogP contribution in [0.5, 0.6) is 0 Å². The Morgan fingerprint density at radius 1 is 1.21 bits per heavy atom. The predicted octanol–water partition coefficient (Wildman–Crippen LogP) is 2.29. The number of anilines is 1. The van der Waals surface area contributed by atoms with Gasteiger partial charge in [-0.15, -0.1) is 0 Å². The number of benzene rings is 1. The number of rotatable bonds is 1. The summed E-state index contributed by atoms with van der Waals surface area (Å²) >= 11 is 0. The molecule has 0 aliphatic carbocycles. The van der Waals surface area contributed by atoms with Gasteiger partial charge in [-0.2, -0.15) is 0 Å². The van der Waals surface area contributed by atoms with Crippen LogP contribution in [0.4, 0.5) is 14.9 Å². The van der Waals surface area contributed by atoms with E-state index in [0.717, 1.165) is 32.4 Å². The van der Waals surface area contributed by atoms with Gasteiger partial charge >= 0.3 is 6.09 Å². The second kappa shape index (κ2) is 4.81. The van der Waals surface area contributed by atoms with Gasteiger partial charge in [-0.05, 0) is 56.6 Å². The van der Waals surface area contributed by atoms with E-state index in [4.69, 9.17) is 4.74 Å². The lowest BCUT2D eigenvalue weighted by Gasteiger charge is -2.34. The topological polar surface area (TPSA) is 41.6 Å². The van der Waals surface area contributed by atoms with Crippen molar-refractivity contribution in [1.29, 1.82) is 0 Å². The van der Waals surface area contributed by atoms with Gasteiger partial charge in [0.25, 0.3) is 0 Å². The van der Waals surface area contributed by atoms with E-state index in [-0.39, 0.29) is 17.4 Å². The molecule has 2 aliphatic heterocycles. The lowest BCUT2D eigenvalue weighted by molar-refractivity contribution is 0.170. The molecule has 1 spiro atoms. The van der Waals surface area contributed by atoms with E-state index >= 15 is 0 Å². The normalized spacial score (nSPS) is 27.4. The van der Waals surface area contributed by atoms with Gasteiger partial charge in [0.05, 0.1) is 5.54 Å². The van der Waals surface area contributed by atoms with E-state index in [1.165, 1.54) is 12.1 Å². The van der Waals surface area contributed by atoms with Crippen LogP contribution < -0.4 is 10.2 Å². The van der Waals surface area contributed by atoms with Gasteiger partial charge in [0, 0.05) is 5.69 Å². The average Bonchev–Trinajstić information content (AvgIpc) is 2.60. The molecule has 2 aliphatic rings. The molecule has 1 amide bonds. The van der Waals surface area contributed by atoms with Crippen molar-refractivity contribution in [3.05, 3.63) is 30.1 Å². The Morgan fingerprint density at radius 2 is 2.00 bits per heavy atom. The highest BCUT2D eigenvalue weighted by Crippen LogP contribution is 2.37. The summed E-state index contributed by atoms with van der Waals surface area (Å²) in [6.45, 7) is 2.26. The van der Waals surface area contributed by atoms with E-state index in [9.17, 15) is 9.18 Å². The van der Waals surface area contributed by atoms with Crippen LogP contribution in [0.15, 0.2) is 24.3 Å². The lowest BCUT2D eigenvalue weighted by Crippen LogP contribution is -2.48. The molecule has 5 heteroatoms. The maximum Gasteiger partial charge on any atom is 0.415 e. The minimum atomic E-state index is -0.325. The van der Waals surface area contributed by atoms with Gasteiger partial charge in [-0.25, -0.2) is 9.18 Å². The van der Waals surface area contributed by atoms with Gasteiger partial charge in [0.2, 0.25) is 0 Å². The first-order chi connectivity index (χ1) is 9.21. The van der Waals surface area contributed by atoms with Gasteiger partial charge in [0.1, 0.15) is 12.4 Å². The monoisotopic (exact) mass is 264 g/mol. The molecule has 2 fully saturated rings. The molecule has 0 bridgehead atoms. The van der Waals surface area contributed by atoms with Crippen molar-refractivity contribution in [2.45, 2.75) is 24.8 Å². The number of hydrogen-bond donors (Lipinski definition) is 1. The number of hydrogen-bond acceptors (Lipinski definition) is 3. The smallest absolute Gasteiger partial charge is 0.415 e. The molecule has 0 saturated carbocycles. The number of cyclic esters (lactones) is 1. The van der Waals surface area contributed by atoms with E-state index in [0.29, 0.717) is 12.3 Å². The molecule has 1 aromatic carbocycles. The Hall–Kier alpha value is -1.62. The standard InChI is InChI=1S/C14H17FN2O2/c15-11-2-4-12(5-3-11)17-13(18)19-10-14(17)6-1-8-16-9-7-14/h2-5,16H,1,6-10H2. The minimum Gasteiger partial charge on any atom is -0.447 e. The van der Waals surface area contributed by atoms with Crippen LogP contribution in [-0.2, 0) is 4.74 Å². The van der Waals surface area contributed by atoms with Gasteiger partial charge in [-0.3, -0.25) is 4.90 Å². The molecule has 1 unspecified atom stereocenters. The Bertz CT molecular complexity index is 467. The first kappa shape index (κ1) is 12.4. The molecule has 2 saturated heterocycles. The largest absolute Gasteiger partial charge is 0.447 e. The maximum atomic E-state index is 13.0. The van der Waals surface area contributed by atoms with Crippen LogP contribution in [0.2, 0.25) is 0 Å². The summed E-state index contributed by atoms with van der Waals surface area (Å²) in [6, 6.07) is 6.04. The Labute approximate surface area is 111 Å². The number of ether oxygens (including phenoxy) is 1. The highest BCUT2D eigenvalue weighted by Gasteiger charge is 2.47. The zero-order valence-electron chi connectivity index (χ0n) is 10.7. The van der Waals surface area contributed by atoms with Crippen LogP contribution in [0.25, 0.3) is 0 Å². The first-order valence-corrected chi connectivity index (χ1v) is 6.65. The average molecular weight is 264 g/mol. The fourth-order valence-electron chi connectivity index (χ4n) is 2.97. The van der Waals surface area contributed by atoms with Crippen molar-refractivity contribution in [2.24, 2.45) is 0 Å². The molecule has 0 radical (unpaired) electrons. The first-order valence-electron chi connectivity index (χ1n) is 6.65. The van der Waals surface area contributed by atoms with Gasteiger partial charge in [0.15, 0.2) is 0 Å². The number of carbonyl (C=O) groups is 1. The van der Waals surface area contributed by atoms with E-state index in [1.54, 1.807) is 17.0 Å². The van der Waals surface area contributed by atoms with Crippen molar-refractivity contribution in [3.63, 3.8) is 0 Å². The van der Waals surface area contributed by atoms with Crippen molar-refractivity contribution >= 4 is 11.8 Å². The molecule has 19 heavy (non-hydrogen) atoms. The fraction of sp³-hybridized carbons (Fsp3) is 0.500. The van der Waals surface area contributed by atoms with Gasteiger partial charge < -0.3 is 10.1 Å². The Balaban J connectivity index is 1.95. The summed E-state index contributed by atoms with van der Waals surface area (Å²) in [6.07, 6.45) is 2.45. The summed E-state index contributed by atoms with van der Waals surface area (Å²) in [7, 11) is 0. The molecule has 102 valence electrons. The number of nitrogens with one attached hydrogen (secondary N) is 1. The third-order valence-corrected chi connectivity index (χ3v) is 3.97. The third kappa shape index (κ3) is 2.18. The zero-order chi connectivity index (χ0) is 13.3. The lowest BCUT2D eigenvalue weighted by atomic mass is 9.90. The summed E-state index contributed by atoms with van der Waals surface area (Å²) in [5.74, 6) is -0.298. The van der Waals surface area contributed by atoms with E-state index in [2.05, 4.69) is 5.32 Å². The molecule has 1 N–H and O–H groups in total. The van der Waals surface area contributed by atoms with Gasteiger partial charge in [-0.1, -0.05) is 0 Å². The second-order valence-electron chi connectivity index (χ2n) is 5.19. The molecule has 1 atom stereocenters. The summed E-state index contributed by atoms with van der Waals surface area (Å²) in [5.41, 5.74) is 0.434. The SMILES string of the molecule is O=C1OCC2(CCCNCC2)N1c1ccc(F)cc1. The Morgan fingerprint density at radius 3 is 2.79 bits per heavy atom. The van der Waals surface area contributed by atoms with Crippen LogP contribution >= 0.6 is 0 Å². The Kier molecular flexibility index (Phi) is 3.14. The molecule has 2 heterocycles. The zero-order valence-corrected chi connectivity index (χ0v) is 10.7. The maximum absolute atomic E-state index is 13.0. The van der Waals surface area contributed by atoms with Crippen LogP contribution in [0.1, 0.15) is 19.3 Å². The van der Waals surface area contributed by atoms with Crippen molar-refractivity contribution in [2.75, 3.05) is 24.6 Å². The van der Waals surface area contributed by atoms with Crippen LogP contribution in [-0.4, -0.2) is 31.3 Å². The number of carbonyl (C=O) groups excluding carboxylic acids is 1.